The number of aryl methyl sites for hydroxylation is 1. The Balaban J connectivity index is 1.80. The molecule has 0 aromatic carbocycles. The van der Waals surface area contributed by atoms with E-state index in [1.54, 1.807) is 10.9 Å². The first-order chi connectivity index (χ1) is 9.54. The summed E-state index contributed by atoms with van der Waals surface area (Å²) in [5, 5.41) is 5.00. The van der Waals surface area contributed by atoms with E-state index >= 15 is 0 Å². The standard InChI is InChI=1S/C13H21N7/c1-18(2)9-4-5-20(7-9)8-11-16-12(14)10-6-15-19(3)13(10)17-11/h6,9H,4-5,7-8H2,1-3H3,(H2,14,16,17). The summed E-state index contributed by atoms with van der Waals surface area (Å²) in [6, 6.07) is 0.618. The Morgan fingerprint density at radius 2 is 2.20 bits per heavy atom. The predicted octanol–water partition coefficient (Wildman–Crippen LogP) is 0.0814. The molecule has 0 amide bonds. The smallest absolute Gasteiger partial charge is 0.163 e. The summed E-state index contributed by atoms with van der Waals surface area (Å²) >= 11 is 0. The number of likely N-dealkylation sites (N-methyl/N-ethyl adjacent to an activating group) is 1. The first-order valence-corrected chi connectivity index (χ1v) is 6.87. The van der Waals surface area contributed by atoms with E-state index in [1.165, 1.54) is 6.42 Å². The van der Waals surface area contributed by atoms with Gasteiger partial charge in [-0.15, -0.1) is 0 Å². The van der Waals surface area contributed by atoms with Crippen molar-refractivity contribution in [3.63, 3.8) is 0 Å². The Morgan fingerprint density at radius 1 is 1.40 bits per heavy atom. The maximum Gasteiger partial charge on any atom is 0.163 e. The van der Waals surface area contributed by atoms with Crippen LogP contribution >= 0.6 is 0 Å². The molecule has 7 heteroatoms. The average molecular weight is 275 g/mol. The van der Waals surface area contributed by atoms with Gasteiger partial charge in [-0.2, -0.15) is 5.10 Å². The third kappa shape index (κ3) is 2.34. The quantitative estimate of drug-likeness (QED) is 0.855. The summed E-state index contributed by atoms with van der Waals surface area (Å²) in [6.45, 7) is 2.88. The second-order valence-corrected chi connectivity index (χ2v) is 5.67. The van der Waals surface area contributed by atoms with Crippen LogP contribution in [0.15, 0.2) is 6.20 Å². The van der Waals surface area contributed by atoms with Crippen molar-refractivity contribution >= 4 is 16.9 Å². The van der Waals surface area contributed by atoms with E-state index in [-0.39, 0.29) is 0 Å². The molecule has 1 aliphatic heterocycles. The third-order valence-corrected chi connectivity index (χ3v) is 4.01. The summed E-state index contributed by atoms with van der Waals surface area (Å²) in [5.41, 5.74) is 6.79. The summed E-state index contributed by atoms with van der Waals surface area (Å²) in [4.78, 5) is 13.6. The molecule has 3 heterocycles. The van der Waals surface area contributed by atoms with Crippen molar-refractivity contribution in [1.82, 2.24) is 29.5 Å². The van der Waals surface area contributed by atoms with E-state index in [9.17, 15) is 0 Å². The Bertz CT molecular complexity index is 618. The lowest BCUT2D eigenvalue weighted by atomic mass is 10.2. The Kier molecular flexibility index (Phi) is 3.31. The number of aromatic nitrogens is 4. The van der Waals surface area contributed by atoms with Gasteiger partial charge in [0.1, 0.15) is 11.6 Å². The Labute approximate surface area is 118 Å². The van der Waals surface area contributed by atoms with Crippen LogP contribution in [0.25, 0.3) is 11.0 Å². The lowest BCUT2D eigenvalue weighted by molar-refractivity contribution is 0.261. The minimum atomic E-state index is 0.515. The van der Waals surface area contributed by atoms with E-state index in [1.807, 2.05) is 7.05 Å². The van der Waals surface area contributed by atoms with Gasteiger partial charge in [0.15, 0.2) is 5.65 Å². The highest BCUT2D eigenvalue weighted by atomic mass is 15.3. The van der Waals surface area contributed by atoms with E-state index in [4.69, 9.17) is 5.73 Å². The summed E-state index contributed by atoms with van der Waals surface area (Å²) in [7, 11) is 6.13. The molecule has 1 atom stereocenters. The van der Waals surface area contributed by atoms with Crippen molar-refractivity contribution in [2.45, 2.75) is 19.0 Å². The number of likely N-dealkylation sites (tertiary alicyclic amines) is 1. The molecular weight excluding hydrogens is 254 g/mol. The summed E-state index contributed by atoms with van der Waals surface area (Å²) in [5.74, 6) is 1.29. The number of hydrogen-bond acceptors (Lipinski definition) is 6. The van der Waals surface area contributed by atoms with Crippen LogP contribution in [0.5, 0.6) is 0 Å². The van der Waals surface area contributed by atoms with Gasteiger partial charge >= 0.3 is 0 Å². The summed E-state index contributed by atoms with van der Waals surface area (Å²) in [6.07, 6.45) is 2.91. The van der Waals surface area contributed by atoms with Gasteiger partial charge in [-0.05, 0) is 20.5 Å². The molecule has 0 bridgehead atoms. The zero-order valence-corrected chi connectivity index (χ0v) is 12.2. The zero-order chi connectivity index (χ0) is 14.3. The topological polar surface area (TPSA) is 76.1 Å². The fraction of sp³-hybridized carbons (Fsp3) is 0.615. The van der Waals surface area contributed by atoms with Gasteiger partial charge in [-0.1, -0.05) is 0 Å². The van der Waals surface area contributed by atoms with Crippen LogP contribution in [0.3, 0.4) is 0 Å². The lowest BCUT2D eigenvalue weighted by Gasteiger charge is -2.19. The zero-order valence-electron chi connectivity index (χ0n) is 12.2. The highest BCUT2D eigenvalue weighted by Crippen LogP contribution is 2.19. The number of rotatable bonds is 3. The molecule has 2 aromatic rings. The van der Waals surface area contributed by atoms with Gasteiger partial charge < -0.3 is 10.6 Å². The van der Waals surface area contributed by atoms with Crippen LogP contribution in [-0.4, -0.2) is 62.8 Å². The molecule has 108 valence electrons. The number of fused-ring (bicyclic) bond motifs is 1. The first-order valence-electron chi connectivity index (χ1n) is 6.87. The minimum absolute atomic E-state index is 0.515. The predicted molar refractivity (Wildman–Crippen MR) is 78.1 cm³/mol. The van der Waals surface area contributed by atoms with Crippen molar-refractivity contribution in [2.75, 3.05) is 32.9 Å². The van der Waals surface area contributed by atoms with Crippen molar-refractivity contribution in [2.24, 2.45) is 7.05 Å². The fourth-order valence-corrected chi connectivity index (χ4v) is 2.74. The second-order valence-electron chi connectivity index (χ2n) is 5.67. The Hall–Kier alpha value is -1.73. The molecule has 20 heavy (non-hydrogen) atoms. The van der Waals surface area contributed by atoms with Crippen molar-refractivity contribution in [1.29, 1.82) is 0 Å². The molecule has 2 aromatic heterocycles. The second kappa shape index (κ2) is 4.99. The van der Waals surface area contributed by atoms with Crippen LogP contribution in [-0.2, 0) is 13.6 Å². The molecule has 0 aliphatic carbocycles. The van der Waals surface area contributed by atoms with E-state index in [0.29, 0.717) is 11.9 Å². The number of anilines is 1. The number of nitrogens with two attached hydrogens (primary N) is 1. The number of nitrogen functional groups attached to an aromatic ring is 1. The molecule has 1 aliphatic rings. The molecule has 0 spiro atoms. The lowest BCUT2D eigenvalue weighted by Crippen LogP contribution is -2.31. The van der Waals surface area contributed by atoms with E-state index in [0.717, 1.165) is 36.5 Å². The Morgan fingerprint density at radius 3 is 2.90 bits per heavy atom. The van der Waals surface area contributed by atoms with Crippen LogP contribution in [0, 0.1) is 0 Å². The maximum absolute atomic E-state index is 5.99. The van der Waals surface area contributed by atoms with Gasteiger partial charge in [0.05, 0.1) is 18.1 Å². The fourth-order valence-electron chi connectivity index (χ4n) is 2.74. The van der Waals surface area contributed by atoms with Crippen molar-refractivity contribution in [3.8, 4) is 0 Å². The van der Waals surface area contributed by atoms with Gasteiger partial charge in [-0.25, -0.2) is 9.97 Å². The van der Waals surface area contributed by atoms with Gasteiger partial charge in [-0.3, -0.25) is 9.58 Å². The molecule has 7 nitrogen and oxygen atoms in total. The van der Waals surface area contributed by atoms with Crippen LogP contribution in [0.2, 0.25) is 0 Å². The molecule has 1 unspecified atom stereocenters. The SMILES string of the molecule is CN(C)C1CCN(Cc2nc(N)c3cnn(C)c3n2)C1. The monoisotopic (exact) mass is 275 g/mol. The average Bonchev–Trinajstić information content (AvgIpc) is 2.98. The van der Waals surface area contributed by atoms with E-state index < -0.39 is 0 Å². The van der Waals surface area contributed by atoms with Crippen LogP contribution in [0.4, 0.5) is 5.82 Å². The minimum Gasteiger partial charge on any atom is -0.383 e. The van der Waals surface area contributed by atoms with Crippen molar-refractivity contribution < 1.29 is 0 Å². The largest absolute Gasteiger partial charge is 0.383 e. The molecule has 1 fully saturated rings. The highest BCUT2D eigenvalue weighted by Gasteiger charge is 2.24. The number of nitrogens with zero attached hydrogens (tertiary/aromatic N) is 6. The normalized spacial score (nSPS) is 20.3. The van der Waals surface area contributed by atoms with E-state index in [2.05, 4.69) is 39.0 Å². The maximum atomic E-state index is 5.99. The molecule has 2 N–H and O–H groups in total. The van der Waals surface area contributed by atoms with Crippen LogP contribution in [0.1, 0.15) is 12.2 Å². The molecule has 0 saturated carbocycles. The van der Waals surface area contributed by atoms with Crippen molar-refractivity contribution in [3.05, 3.63) is 12.0 Å². The molecule has 0 radical (unpaired) electrons. The van der Waals surface area contributed by atoms with Crippen LogP contribution < -0.4 is 5.73 Å². The molecular formula is C13H21N7. The first kappa shape index (κ1) is 13.3. The number of hydrogen-bond donors (Lipinski definition) is 1. The van der Waals surface area contributed by atoms with Gasteiger partial charge in [0.2, 0.25) is 0 Å². The summed E-state index contributed by atoms with van der Waals surface area (Å²) < 4.78 is 1.74. The third-order valence-electron chi connectivity index (χ3n) is 4.01. The highest BCUT2D eigenvalue weighted by molar-refractivity contribution is 5.84. The molecule has 1 saturated heterocycles. The van der Waals surface area contributed by atoms with Gasteiger partial charge in [0.25, 0.3) is 0 Å². The molecule has 3 rings (SSSR count). The van der Waals surface area contributed by atoms with Gasteiger partial charge in [0, 0.05) is 26.2 Å².